The molecule has 1 aromatic carbocycles. The molecule has 0 bridgehead atoms. The summed E-state index contributed by atoms with van der Waals surface area (Å²) in [5.74, 6) is 2.10. The van der Waals surface area contributed by atoms with Gasteiger partial charge in [0.25, 0.3) is 0 Å². The van der Waals surface area contributed by atoms with Crippen molar-refractivity contribution in [2.45, 2.75) is 32.4 Å². The molecular formula is C18H27N3O3S2. The maximum absolute atomic E-state index is 12.7. The molecule has 0 saturated carbocycles. The Balaban J connectivity index is 1.70. The number of hydrogen-bond acceptors (Lipinski definition) is 5. The molecule has 2 aliphatic rings. The number of nitrogens with one attached hydrogen (secondary N) is 1. The van der Waals surface area contributed by atoms with Gasteiger partial charge >= 0.3 is 0 Å². The van der Waals surface area contributed by atoms with Crippen LogP contribution in [-0.2, 0) is 21.4 Å². The molecule has 3 rings (SSSR count). The first-order valence-corrected chi connectivity index (χ1v) is 12.0. The summed E-state index contributed by atoms with van der Waals surface area (Å²) in [4.78, 5) is 15.1. The molecule has 0 aliphatic carbocycles. The second-order valence-corrected chi connectivity index (χ2v) is 10.2. The topological polar surface area (TPSA) is 69.7 Å². The van der Waals surface area contributed by atoms with Crippen LogP contribution in [-0.4, -0.2) is 67.0 Å². The van der Waals surface area contributed by atoms with Crippen LogP contribution in [0.1, 0.15) is 24.0 Å². The lowest BCUT2D eigenvalue weighted by Gasteiger charge is -2.26. The number of amides is 1. The smallest absolute Gasteiger partial charge is 0.242 e. The summed E-state index contributed by atoms with van der Waals surface area (Å²) in [7, 11) is -3.36. The number of thioether (sulfide) groups is 1. The van der Waals surface area contributed by atoms with Crippen molar-refractivity contribution < 1.29 is 13.2 Å². The van der Waals surface area contributed by atoms with E-state index in [1.54, 1.807) is 0 Å². The second-order valence-electron chi connectivity index (χ2n) is 7.06. The fourth-order valence-corrected chi connectivity index (χ4v) is 5.64. The molecule has 0 radical (unpaired) electrons. The van der Waals surface area contributed by atoms with E-state index in [2.05, 4.69) is 16.3 Å². The summed E-state index contributed by atoms with van der Waals surface area (Å²) in [5.41, 5.74) is 2.93. The van der Waals surface area contributed by atoms with Gasteiger partial charge in [-0.25, -0.2) is 8.42 Å². The fraction of sp³-hybridized carbons (Fsp3) is 0.611. The van der Waals surface area contributed by atoms with Crippen molar-refractivity contribution in [3.05, 3.63) is 29.3 Å². The molecule has 2 heterocycles. The zero-order valence-corrected chi connectivity index (χ0v) is 17.0. The van der Waals surface area contributed by atoms with Crippen LogP contribution in [0, 0.1) is 6.92 Å². The molecule has 1 amide bonds. The lowest BCUT2D eigenvalue weighted by atomic mass is 10.1. The first-order chi connectivity index (χ1) is 12.3. The molecule has 2 saturated heterocycles. The molecule has 0 spiro atoms. The number of nitrogens with zero attached hydrogens (tertiary/aromatic N) is 2. The van der Waals surface area contributed by atoms with Crippen molar-refractivity contribution in [3.63, 3.8) is 0 Å². The molecule has 1 atom stereocenters. The summed E-state index contributed by atoms with van der Waals surface area (Å²) in [6.45, 7) is 5.43. The third-order valence-electron chi connectivity index (χ3n) is 5.00. The summed E-state index contributed by atoms with van der Waals surface area (Å²) < 4.78 is 25.1. The van der Waals surface area contributed by atoms with Crippen LogP contribution in [0.15, 0.2) is 18.2 Å². The van der Waals surface area contributed by atoms with E-state index in [9.17, 15) is 13.2 Å². The molecule has 26 heavy (non-hydrogen) atoms. The molecule has 6 nitrogen and oxygen atoms in total. The summed E-state index contributed by atoms with van der Waals surface area (Å²) in [5, 5.41) is 2.96. The number of aryl methyl sites for hydroxylation is 1. The standard InChI is InChI=1S/C18H27N3O3S2/c1-14-5-6-15(13-20-8-10-25-11-9-20)12-16(14)19-18(22)17-4-3-7-21(17)26(2,23)24/h5-6,12,17H,3-4,7-11,13H2,1-2H3,(H,19,22). The largest absolute Gasteiger partial charge is 0.324 e. The van der Waals surface area contributed by atoms with Crippen LogP contribution in [0.4, 0.5) is 5.69 Å². The van der Waals surface area contributed by atoms with Crippen molar-refractivity contribution in [2.24, 2.45) is 0 Å². The number of benzene rings is 1. The zero-order chi connectivity index (χ0) is 18.7. The fourth-order valence-electron chi connectivity index (χ4n) is 3.53. The van der Waals surface area contributed by atoms with Crippen LogP contribution in [0.2, 0.25) is 0 Å². The van der Waals surface area contributed by atoms with Gasteiger partial charge in [0.05, 0.1) is 6.26 Å². The van der Waals surface area contributed by atoms with Gasteiger partial charge in [0.1, 0.15) is 6.04 Å². The Bertz CT molecular complexity index is 761. The SMILES string of the molecule is Cc1ccc(CN2CCSCC2)cc1NC(=O)C1CCCN1S(C)(=O)=O. The minimum Gasteiger partial charge on any atom is -0.324 e. The molecule has 1 unspecified atom stereocenters. The van der Waals surface area contributed by atoms with Crippen LogP contribution in [0.5, 0.6) is 0 Å². The molecular weight excluding hydrogens is 370 g/mol. The number of sulfonamides is 1. The normalized spacial score (nSPS) is 22.5. The molecule has 2 fully saturated rings. The highest BCUT2D eigenvalue weighted by Crippen LogP contribution is 2.24. The first-order valence-electron chi connectivity index (χ1n) is 9.02. The summed E-state index contributed by atoms with van der Waals surface area (Å²) in [6, 6.07) is 5.54. The highest BCUT2D eigenvalue weighted by Gasteiger charge is 2.36. The van der Waals surface area contributed by atoms with E-state index in [-0.39, 0.29) is 5.91 Å². The maximum atomic E-state index is 12.7. The van der Waals surface area contributed by atoms with Gasteiger partial charge in [-0.3, -0.25) is 9.69 Å². The van der Waals surface area contributed by atoms with E-state index >= 15 is 0 Å². The molecule has 1 N–H and O–H groups in total. The Morgan fingerprint density at radius 3 is 2.69 bits per heavy atom. The number of rotatable bonds is 5. The Kier molecular flexibility index (Phi) is 6.27. The number of carbonyl (C=O) groups excluding carboxylic acids is 1. The average molecular weight is 398 g/mol. The van der Waals surface area contributed by atoms with E-state index in [0.29, 0.717) is 13.0 Å². The molecule has 2 aliphatic heterocycles. The zero-order valence-electron chi connectivity index (χ0n) is 15.4. The first kappa shape index (κ1) is 19.7. The van der Waals surface area contributed by atoms with Crippen LogP contribution in [0.25, 0.3) is 0 Å². The number of hydrogen-bond donors (Lipinski definition) is 1. The van der Waals surface area contributed by atoms with Gasteiger partial charge in [0, 0.05) is 43.4 Å². The average Bonchev–Trinajstić information content (AvgIpc) is 3.09. The van der Waals surface area contributed by atoms with Crippen molar-refractivity contribution in [2.75, 3.05) is 42.7 Å². The Morgan fingerprint density at radius 2 is 2.00 bits per heavy atom. The number of carbonyl (C=O) groups is 1. The minimum absolute atomic E-state index is 0.234. The van der Waals surface area contributed by atoms with Crippen molar-refractivity contribution in [1.82, 2.24) is 9.21 Å². The van der Waals surface area contributed by atoms with Gasteiger partial charge in [-0.05, 0) is 37.0 Å². The van der Waals surface area contributed by atoms with Crippen LogP contribution >= 0.6 is 11.8 Å². The predicted molar refractivity (Wildman–Crippen MR) is 107 cm³/mol. The predicted octanol–water partition coefficient (Wildman–Crippen LogP) is 1.91. The van der Waals surface area contributed by atoms with Gasteiger partial charge in [-0.1, -0.05) is 12.1 Å². The lowest BCUT2D eigenvalue weighted by Crippen LogP contribution is -2.42. The molecule has 0 aromatic heterocycles. The summed E-state index contributed by atoms with van der Waals surface area (Å²) in [6.07, 6.45) is 2.46. The lowest BCUT2D eigenvalue weighted by molar-refractivity contribution is -0.119. The van der Waals surface area contributed by atoms with Crippen molar-refractivity contribution in [3.8, 4) is 0 Å². The summed E-state index contributed by atoms with van der Waals surface area (Å²) >= 11 is 1.99. The monoisotopic (exact) mass is 397 g/mol. The molecule has 1 aromatic rings. The maximum Gasteiger partial charge on any atom is 0.242 e. The van der Waals surface area contributed by atoms with E-state index < -0.39 is 16.1 Å². The van der Waals surface area contributed by atoms with Gasteiger partial charge in [-0.2, -0.15) is 16.1 Å². The van der Waals surface area contributed by atoms with E-state index in [1.165, 1.54) is 27.6 Å². The third-order valence-corrected chi connectivity index (χ3v) is 7.23. The Labute approximate surface area is 160 Å². The van der Waals surface area contributed by atoms with Crippen molar-refractivity contribution in [1.29, 1.82) is 0 Å². The van der Waals surface area contributed by atoms with Gasteiger partial charge in [0.15, 0.2) is 0 Å². The Morgan fingerprint density at radius 1 is 1.27 bits per heavy atom. The number of anilines is 1. The van der Waals surface area contributed by atoms with Crippen molar-refractivity contribution >= 4 is 33.4 Å². The van der Waals surface area contributed by atoms with E-state index in [0.717, 1.165) is 37.3 Å². The second kappa shape index (κ2) is 8.29. The molecule has 144 valence electrons. The molecule has 8 heteroatoms. The quantitative estimate of drug-likeness (QED) is 0.822. The van der Waals surface area contributed by atoms with E-state index in [4.69, 9.17) is 0 Å². The van der Waals surface area contributed by atoms with Crippen LogP contribution < -0.4 is 5.32 Å². The third kappa shape index (κ3) is 4.79. The van der Waals surface area contributed by atoms with Gasteiger partial charge in [-0.15, -0.1) is 0 Å². The minimum atomic E-state index is -3.36. The van der Waals surface area contributed by atoms with Gasteiger partial charge < -0.3 is 5.32 Å². The Hall–Kier alpha value is -1.09. The van der Waals surface area contributed by atoms with Crippen LogP contribution in [0.3, 0.4) is 0 Å². The highest BCUT2D eigenvalue weighted by atomic mass is 32.2. The van der Waals surface area contributed by atoms with Gasteiger partial charge in [0.2, 0.25) is 15.9 Å². The van der Waals surface area contributed by atoms with E-state index in [1.807, 2.05) is 30.8 Å². The highest BCUT2D eigenvalue weighted by molar-refractivity contribution is 7.99.